The maximum absolute atomic E-state index is 12.8. The van der Waals surface area contributed by atoms with Crippen LogP contribution in [-0.4, -0.2) is 98.4 Å². The van der Waals surface area contributed by atoms with E-state index in [1.807, 2.05) is 21.6 Å². The molecule has 8 nitrogen and oxygen atoms in total. The van der Waals surface area contributed by atoms with Crippen molar-refractivity contribution in [1.29, 1.82) is 0 Å². The molecule has 0 unspecified atom stereocenters. The van der Waals surface area contributed by atoms with E-state index in [1.54, 1.807) is 0 Å². The minimum atomic E-state index is 0.127. The van der Waals surface area contributed by atoms with E-state index in [0.717, 1.165) is 70.0 Å². The summed E-state index contributed by atoms with van der Waals surface area (Å²) >= 11 is 0. The van der Waals surface area contributed by atoms with Gasteiger partial charge >= 0.3 is 0 Å². The molecule has 392 valence electrons. The van der Waals surface area contributed by atoms with Crippen molar-refractivity contribution < 1.29 is 14.4 Å². The largest absolute Gasteiger partial charge is 0.356 e. The van der Waals surface area contributed by atoms with Gasteiger partial charge in [0.2, 0.25) is 17.7 Å². The Balaban J connectivity index is 4.29. The number of amides is 3. The first-order valence-corrected chi connectivity index (χ1v) is 31.4. The zero-order valence-corrected chi connectivity index (χ0v) is 46.2. The summed E-state index contributed by atoms with van der Waals surface area (Å²) in [5, 5.41) is 9.46. The van der Waals surface area contributed by atoms with Crippen LogP contribution in [0.1, 0.15) is 271 Å². The Hall–Kier alpha value is -0.970. The van der Waals surface area contributed by atoms with Gasteiger partial charge in [-0.15, -0.1) is 0 Å². The van der Waals surface area contributed by atoms with E-state index >= 15 is 0 Å². The van der Waals surface area contributed by atoms with Gasteiger partial charge in [-0.05, 0) is 26.3 Å². The van der Waals surface area contributed by atoms with Gasteiger partial charge in [-0.25, -0.2) is 0 Å². The minimum Gasteiger partial charge on any atom is -0.356 e. The molecule has 0 heterocycles. The number of unbranched alkanes of at least 4 members (excludes halogenated alkanes) is 33. The summed E-state index contributed by atoms with van der Waals surface area (Å²) in [6.07, 6.45) is 49.2. The van der Waals surface area contributed by atoms with Crippen LogP contribution in [0.4, 0.5) is 0 Å². The fourth-order valence-electron chi connectivity index (χ4n) is 8.58. The molecule has 0 rings (SSSR count). The lowest BCUT2D eigenvalue weighted by Crippen LogP contribution is -2.35. The van der Waals surface area contributed by atoms with Gasteiger partial charge in [0.25, 0.3) is 0 Å². The zero-order chi connectivity index (χ0) is 48.1. The van der Waals surface area contributed by atoms with E-state index < -0.39 is 0 Å². The normalized spacial score (nSPS) is 11.5. The standard InChI is InChI=1S/C56H113N5O3S2/c1-5-8-11-14-17-20-23-26-29-32-35-38-44-57-54(62)41-47-60(4)50-52-65-66-53-51-61(48-42-55(63)58-45-39-36-33-30-27-24-21-18-15-12-9-6-2)49-43-56(64)59-46-40-37-34-31-28-25-22-19-16-13-10-7-3/h5-53H2,1-4H3,(H,57,62)(H,58,63)(H,59,64). The summed E-state index contributed by atoms with van der Waals surface area (Å²) in [7, 11) is 5.86. The molecule has 0 aliphatic heterocycles. The van der Waals surface area contributed by atoms with E-state index in [4.69, 9.17) is 0 Å². The first-order chi connectivity index (χ1) is 32.4. The number of rotatable bonds is 55. The van der Waals surface area contributed by atoms with Crippen LogP contribution < -0.4 is 16.0 Å². The van der Waals surface area contributed by atoms with Crippen molar-refractivity contribution in [3.63, 3.8) is 0 Å². The fourth-order valence-corrected chi connectivity index (χ4v) is 10.7. The number of carbonyl (C=O) groups excluding carboxylic acids is 3. The monoisotopic (exact) mass is 968 g/mol. The quantitative estimate of drug-likeness (QED) is 0.0413. The lowest BCUT2D eigenvalue weighted by molar-refractivity contribution is -0.122. The van der Waals surface area contributed by atoms with Crippen molar-refractivity contribution in [3.8, 4) is 0 Å². The van der Waals surface area contributed by atoms with Gasteiger partial charge in [0.1, 0.15) is 0 Å². The summed E-state index contributed by atoms with van der Waals surface area (Å²) in [5.74, 6) is 2.38. The van der Waals surface area contributed by atoms with Crippen molar-refractivity contribution in [3.05, 3.63) is 0 Å². The number of hydrogen-bond acceptors (Lipinski definition) is 7. The Bertz CT molecular complexity index is 978. The second kappa shape index (κ2) is 55.0. The molecular formula is C56H113N5O3S2. The van der Waals surface area contributed by atoms with Gasteiger partial charge in [0.05, 0.1) is 0 Å². The van der Waals surface area contributed by atoms with Crippen molar-refractivity contribution in [2.75, 3.05) is 70.9 Å². The highest BCUT2D eigenvalue weighted by Crippen LogP contribution is 2.21. The third kappa shape index (κ3) is 52.4. The molecule has 10 heteroatoms. The average Bonchev–Trinajstić information content (AvgIpc) is 3.31. The Morgan fingerprint density at radius 2 is 0.561 bits per heavy atom. The van der Waals surface area contributed by atoms with Crippen molar-refractivity contribution in [2.24, 2.45) is 0 Å². The highest BCUT2D eigenvalue weighted by molar-refractivity contribution is 8.76. The van der Waals surface area contributed by atoms with Gasteiger partial charge < -0.3 is 25.8 Å². The number of carbonyl (C=O) groups is 3. The highest BCUT2D eigenvalue weighted by Gasteiger charge is 2.12. The van der Waals surface area contributed by atoms with Gasteiger partial charge in [-0.2, -0.15) is 0 Å². The topological polar surface area (TPSA) is 93.8 Å². The van der Waals surface area contributed by atoms with Gasteiger partial charge in [0.15, 0.2) is 0 Å². The first kappa shape index (κ1) is 65.0. The fraction of sp³-hybridized carbons (Fsp3) is 0.946. The van der Waals surface area contributed by atoms with Crippen LogP contribution in [0.5, 0.6) is 0 Å². The summed E-state index contributed by atoms with van der Waals surface area (Å²) < 4.78 is 0. The zero-order valence-electron chi connectivity index (χ0n) is 44.6. The molecule has 0 aromatic carbocycles. The van der Waals surface area contributed by atoms with E-state index in [2.05, 4.69) is 53.6 Å². The van der Waals surface area contributed by atoms with Crippen molar-refractivity contribution in [1.82, 2.24) is 25.8 Å². The Morgan fingerprint density at radius 1 is 0.318 bits per heavy atom. The molecule has 0 aromatic rings. The Morgan fingerprint density at radius 3 is 0.848 bits per heavy atom. The molecule has 0 bridgehead atoms. The van der Waals surface area contributed by atoms with Crippen LogP contribution in [0.15, 0.2) is 0 Å². The molecule has 0 aliphatic carbocycles. The molecule has 3 amide bonds. The second-order valence-electron chi connectivity index (χ2n) is 19.8. The molecule has 0 aliphatic rings. The molecule has 0 aromatic heterocycles. The van der Waals surface area contributed by atoms with Gasteiger partial charge in [-0.3, -0.25) is 14.4 Å². The van der Waals surface area contributed by atoms with Crippen LogP contribution in [0, 0.1) is 0 Å². The summed E-state index contributed by atoms with van der Waals surface area (Å²) in [6, 6.07) is 0. The lowest BCUT2D eigenvalue weighted by Gasteiger charge is -2.22. The van der Waals surface area contributed by atoms with Gasteiger partial charge in [-0.1, -0.05) is 254 Å². The molecule has 0 radical (unpaired) electrons. The molecule has 0 spiro atoms. The first-order valence-electron chi connectivity index (χ1n) is 28.9. The maximum Gasteiger partial charge on any atom is 0.221 e. The van der Waals surface area contributed by atoms with E-state index in [9.17, 15) is 14.4 Å². The smallest absolute Gasteiger partial charge is 0.221 e. The highest BCUT2D eigenvalue weighted by atomic mass is 33.1. The number of nitrogens with zero attached hydrogens (tertiary/aromatic N) is 2. The van der Waals surface area contributed by atoms with Crippen LogP contribution in [0.3, 0.4) is 0 Å². The minimum absolute atomic E-state index is 0.127. The predicted octanol–water partition coefficient (Wildman–Crippen LogP) is 15.2. The van der Waals surface area contributed by atoms with Crippen LogP contribution in [-0.2, 0) is 14.4 Å². The molecule has 3 N–H and O–H groups in total. The summed E-state index contributed by atoms with van der Waals surface area (Å²) in [4.78, 5) is 42.6. The van der Waals surface area contributed by atoms with Crippen LogP contribution >= 0.6 is 21.6 Å². The second-order valence-corrected chi connectivity index (χ2v) is 22.5. The SMILES string of the molecule is CCCCCCCCCCCCCCNC(=O)CCN(C)CCSSCCN(CCC(=O)NCCCCCCCCCCCCCC)CCC(=O)NCCCCCCCCCCCCCC. The number of hydrogen-bond donors (Lipinski definition) is 3. The van der Waals surface area contributed by atoms with E-state index in [1.165, 1.54) is 212 Å². The molecule has 66 heavy (non-hydrogen) atoms. The maximum atomic E-state index is 12.8. The van der Waals surface area contributed by atoms with Crippen molar-refractivity contribution in [2.45, 2.75) is 271 Å². The lowest BCUT2D eigenvalue weighted by atomic mass is 10.1. The van der Waals surface area contributed by atoms with E-state index in [-0.39, 0.29) is 17.7 Å². The van der Waals surface area contributed by atoms with Crippen LogP contribution in [0.2, 0.25) is 0 Å². The van der Waals surface area contributed by atoms with E-state index in [0.29, 0.717) is 32.4 Å². The molecule has 0 saturated carbocycles. The van der Waals surface area contributed by atoms with Crippen molar-refractivity contribution >= 4 is 39.3 Å². The molecule has 0 atom stereocenters. The average molecular weight is 969 g/mol. The third-order valence-corrected chi connectivity index (χ3v) is 15.6. The number of nitrogens with one attached hydrogen (secondary N) is 3. The molecular weight excluding hydrogens is 855 g/mol. The summed E-state index contributed by atoms with van der Waals surface area (Å²) in [6.45, 7) is 13.1. The molecule has 0 saturated heterocycles. The third-order valence-electron chi connectivity index (χ3n) is 13.2. The summed E-state index contributed by atoms with van der Waals surface area (Å²) in [5.41, 5.74) is 0. The Kier molecular flexibility index (Phi) is 54.2. The molecule has 0 fully saturated rings. The Labute approximate surface area is 419 Å². The predicted molar refractivity (Wildman–Crippen MR) is 295 cm³/mol. The van der Waals surface area contributed by atoms with Gasteiger partial charge in [0, 0.05) is 83.1 Å². The van der Waals surface area contributed by atoms with Crippen LogP contribution in [0.25, 0.3) is 0 Å².